The smallest absolute Gasteiger partial charge is 0.231 e. The topological polar surface area (TPSA) is 58.0 Å². The number of anilines is 2. The Kier molecular flexibility index (Phi) is 4.16. The van der Waals surface area contributed by atoms with Gasteiger partial charge in [-0.1, -0.05) is 0 Å². The molecule has 0 atom stereocenters. The molecule has 0 bridgehead atoms. The van der Waals surface area contributed by atoms with Gasteiger partial charge in [0.05, 0.1) is 17.7 Å². The first kappa shape index (κ1) is 14.0. The molecular formula is C11H15ClN6S. The van der Waals surface area contributed by atoms with Crippen molar-refractivity contribution >= 4 is 34.8 Å². The summed E-state index contributed by atoms with van der Waals surface area (Å²) in [6, 6.07) is 0. The minimum atomic E-state index is 0.196. The molecule has 2 aromatic rings. The Balaban J connectivity index is 2.23. The summed E-state index contributed by atoms with van der Waals surface area (Å²) in [6.07, 6.45) is 0. The average molecular weight is 299 g/mol. The number of nitrogens with zero attached hydrogens (tertiary/aromatic N) is 6. The fourth-order valence-corrected chi connectivity index (χ4v) is 2.44. The lowest BCUT2D eigenvalue weighted by atomic mass is 10.4. The van der Waals surface area contributed by atoms with Gasteiger partial charge in [-0.25, -0.2) is 4.98 Å². The maximum atomic E-state index is 5.93. The Labute approximate surface area is 121 Å². The summed E-state index contributed by atoms with van der Waals surface area (Å²) in [5.41, 5.74) is 2.87. The van der Waals surface area contributed by atoms with Crippen LogP contribution in [-0.2, 0) is 6.54 Å². The standard InChI is InChI=1S/C11H15ClN6S/c1-7-8(19-6-13-7)5-18(4)11-15-9(12)14-10(16-11)17(2)3/h6H,5H2,1-4H3. The highest BCUT2D eigenvalue weighted by molar-refractivity contribution is 7.09. The van der Waals surface area contributed by atoms with E-state index in [1.54, 1.807) is 16.2 Å². The van der Waals surface area contributed by atoms with Gasteiger partial charge in [0.25, 0.3) is 0 Å². The number of halogens is 1. The van der Waals surface area contributed by atoms with Gasteiger partial charge in [-0.2, -0.15) is 15.0 Å². The van der Waals surface area contributed by atoms with Crippen LogP contribution in [0.2, 0.25) is 5.28 Å². The molecule has 0 fully saturated rings. The molecule has 0 aliphatic heterocycles. The molecule has 0 saturated heterocycles. The zero-order chi connectivity index (χ0) is 14.0. The predicted octanol–water partition coefficient (Wildman–Crippen LogP) is 1.99. The summed E-state index contributed by atoms with van der Waals surface area (Å²) in [7, 11) is 5.65. The van der Waals surface area contributed by atoms with Crippen LogP contribution < -0.4 is 9.80 Å². The third-order valence-corrected chi connectivity index (χ3v) is 3.64. The van der Waals surface area contributed by atoms with Gasteiger partial charge in [-0.05, 0) is 18.5 Å². The number of rotatable bonds is 4. The molecule has 0 N–H and O–H groups in total. The fourth-order valence-electron chi connectivity index (χ4n) is 1.46. The highest BCUT2D eigenvalue weighted by Crippen LogP contribution is 2.19. The summed E-state index contributed by atoms with van der Waals surface area (Å²) in [4.78, 5) is 21.7. The normalized spacial score (nSPS) is 10.6. The van der Waals surface area contributed by atoms with Crippen LogP contribution in [0.4, 0.5) is 11.9 Å². The summed E-state index contributed by atoms with van der Waals surface area (Å²) in [5, 5.41) is 0.196. The summed E-state index contributed by atoms with van der Waals surface area (Å²) in [5.74, 6) is 1.10. The maximum Gasteiger partial charge on any atom is 0.231 e. The molecule has 0 spiro atoms. The Hall–Kier alpha value is -1.47. The third kappa shape index (κ3) is 3.30. The molecule has 0 aliphatic rings. The Morgan fingerprint density at radius 2 is 1.84 bits per heavy atom. The second-order valence-electron chi connectivity index (χ2n) is 4.32. The van der Waals surface area contributed by atoms with Crippen LogP contribution in [0, 0.1) is 6.92 Å². The van der Waals surface area contributed by atoms with E-state index in [1.165, 1.54) is 4.88 Å². The van der Waals surface area contributed by atoms with Crippen LogP contribution in [0.25, 0.3) is 0 Å². The molecule has 0 amide bonds. The first-order valence-electron chi connectivity index (χ1n) is 5.66. The molecule has 0 radical (unpaired) electrons. The van der Waals surface area contributed by atoms with E-state index in [-0.39, 0.29) is 5.28 Å². The van der Waals surface area contributed by atoms with E-state index < -0.39 is 0 Å². The quantitative estimate of drug-likeness (QED) is 0.860. The van der Waals surface area contributed by atoms with Crippen molar-refractivity contribution in [3.63, 3.8) is 0 Å². The largest absolute Gasteiger partial charge is 0.347 e. The molecule has 2 rings (SSSR count). The summed E-state index contributed by atoms with van der Waals surface area (Å²) >= 11 is 7.55. The fraction of sp³-hybridized carbons (Fsp3) is 0.455. The van der Waals surface area contributed by atoms with Crippen LogP contribution in [0.1, 0.15) is 10.6 Å². The zero-order valence-electron chi connectivity index (χ0n) is 11.3. The third-order valence-electron chi connectivity index (χ3n) is 2.55. The average Bonchev–Trinajstić information content (AvgIpc) is 2.74. The van der Waals surface area contributed by atoms with Crippen molar-refractivity contribution in [2.75, 3.05) is 30.9 Å². The SMILES string of the molecule is Cc1ncsc1CN(C)c1nc(Cl)nc(N(C)C)n1. The van der Waals surface area contributed by atoms with Crippen molar-refractivity contribution in [2.45, 2.75) is 13.5 Å². The minimum Gasteiger partial charge on any atom is -0.347 e. The van der Waals surface area contributed by atoms with Crippen LogP contribution in [0.15, 0.2) is 5.51 Å². The van der Waals surface area contributed by atoms with Crippen molar-refractivity contribution in [3.05, 3.63) is 21.4 Å². The molecule has 0 saturated carbocycles. The molecule has 2 aromatic heterocycles. The Morgan fingerprint density at radius 3 is 2.42 bits per heavy atom. The van der Waals surface area contributed by atoms with E-state index in [4.69, 9.17) is 11.6 Å². The minimum absolute atomic E-state index is 0.196. The van der Waals surface area contributed by atoms with Crippen LogP contribution in [0.3, 0.4) is 0 Å². The molecule has 0 unspecified atom stereocenters. The van der Waals surface area contributed by atoms with Crippen LogP contribution >= 0.6 is 22.9 Å². The van der Waals surface area contributed by atoms with Crippen LogP contribution in [-0.4, -0.2) is 41.1 Å². The number of hydrogen-bond acceptors (Lipinski definition) is 7. The second kappa shape index (κ2) is 5.66. The monoisotopic (exact) mass is 298 g/mol. The lowest BCUT2D eigenvalue weighted by Crippen LogP contribution is -2.22. The molecule has 8 heteroatoms. The van der Waals surface area contributed by atoms with E-state index in [1.807, 2.05) is 38.5 Å². The van der Waals surface area contributed by atoms with Crippen molar-refractivity contribution in [2.24, 2.45) is 0 Å². The first-order chi connectivity index (χ1) is 8.97. The van der Waals surface area contributed by atoms with E-state index in [2.05, 4.69) is 19.9 Å². The van der Waals surface area contributed by atoms with Gasteiger partial charge in [0.15, 0.2) is 0 Å². The van der Waals surface area contributed by atoms with E-state index in [0.29, 0.717) is 18.4 Å². The molecule has 2 heterocycles. The molecule has 19 heavy (non-hydrogen) atoms. The summed E-state index contributed by atoms with van der Waals surface area (Å²) < 4.78 is 0. The maximum absolute atomic E-state index is 5.93. The van der Waals surface area contributed by atoms with Gasteiger partial charge < -0.3 is 9.80 Å². The van der Waals surface area contributed by atoms with Crippen molar-refractivity contribution < 1.29 is 0 Å². The molecule has 0 aromatic carbocycles. The van der Waals surface area contributed by atoms with E-state index in [9.17, 15) is 0 Å². The van der Waals surface area contributed by atoms with Crippen molar-refractivity contribution in [3.8, 4) is 0 Å². The molecule has 6 nitrogen and oxygen atoms in total. The summed E-state index contributed by atoms with van der Waals surface area (Å²) in [6.45, 7) is 2.69. The lowest BCUT2D eigenvalue weighted by Gasteiger charge is -2.18. The van der Waals surface area contributed by atoms with Crippen molar-refractivity contribution in [1.82, 2.24) is 19.9 Å². The van der Waals surface area contributed by atoms with Gasteiger partial charge in [0, 0.05) is 26.0 Å². The number of thiazole rings is 1. The molecular weight excluding hydrogens is 284 g/mol. The van der Waals surface area contributed by atoms with Crippen LogP contribution in [0.5, 0.6) is 0 Å². The van der Waals surface area contributed by atoms with Gasteiger partial charge in [-0.15, -0.1) is 11.3 Å². The van der Waals surface area contributed by atoms with Gasteiger partial charge in [-0.3, -0.25) is 0 Å². The highest BCUT2D eigenvalue weighted by atomic mass is 35.5. The zero-order valence-corrected chi connectivity index (χ0v) is 12.8. The number of hydrogen-bond donors (Lipinski definition) is 0. The lowest BCUT2D eigenvalue weighted by molar-refractivity contribution is 0.844. The first-order valence-corrected chi connectivity index (χ1v) is 6.92. The molecule has 0 aliphatic carbocycles. The van der Waals surface area contributed by atoms with E-state index >= 15 is 0 Å². The second-order valence-corrected chi connectivity index (χ2v) is 5.59. The van der Waals surface area contributed by atoms with E-state index in [0.717, 1.165) is 5.69 Å². The Morgan fingerprint density at radius 1 is 1.16 bits per heavy atom. The van der Waals surface area contributed by atoms with Gasteiger partial charge in [0.1, 0.15) is 0 Å². The Bertz CT molecular complexity index is 570. The van der Waals surface area contributed by atoms with Gasteiger partial charge >= 0.3 is 0 Å². The number of aryl methyl sites for hydroxylation is 1. The predicted molar refractivity (Wildman–Crippen MR) is 78.1 cm³/mol. The molecule has 102 valence electrons. The van der Waals surface area contributed by atoms with Crippen molar-refractivity contribution in [1.29, 1.82) is 0 Å². The highest BCUT2D eigenvalue weighted by Gasteiger charge is 2.12. The number of aromatic nitrogens is 4. The van der Waals surface area contributed by atoms with Gasteiger partial charge in [0.2, 0.25) is 17.2 Å².